The third-order valence-corrected chi connectivity index (χ3v) is 9.71. The molecule has 1 fully saturated rings. The van der Waals surface area contributed by atoms with Crippen molar-refractivity contribution in [3.8, 4) is 17.3 Å². The number of aliphatic hydroxyl groups is 2. The topological polar surface area (TPSA) is 128 Å². The summed E-state index contributed by atoms with van der Waals surface area (Å²) >= 11 is 0.964. The summed E-state index contributed by atoms with van der Waals surface area (Å²) in [4.78, 5) is 1.99. The van der Waals surface area contributed by atoms with E-state index < -0.39 is 33.2 Å². The van der Waals surface area contributed by atoms with Crippen molar-refractivity contribution in [3.05, 3.63) is 59.1 Å². The fourth-order valence-electron chi connectivity index (χ4n) is 5.16. The Morgan fingerprint density at radius 3 is 2.49 bits per heavy atom. The minimum absolute atomic E-state index is 0.192. The van der Waals surface area contributed by atoms with E-state index in [1.54, 1.807) is 13.0 Å². The van der Waals surface area contributed by atoms with Crippen LogP contribution in [-0.2, 0) is 21.3 Å². The Morgan fingerprint density at radius 1 is 1.12 bits per heavy atom. The number of anilines is 1. The molecule has 220 valence electrons. The summed E-state index contributed by atoms with van der Waals surface area (Å²) < 4.78 is 35.7. The second kappa shape index (κ2) is 13.4. The Balaban J connectivity index is 1.59. The zero-order valence-electron chi connectivity index (χ0n) is 23.9. The number of nitrogens with zero attached hydrogens (tertiary/aromatic N) is 3. The number of hydrogen-bond acceptors (Lipinski definition) is 8. The Hall–Kier alpha value is -2.85. The minimum Gasteiger partial charge on any atom is -0.389 e. The van der Waals surface area contributed by atoms with Crippen molar-refractivity contribution in [2.24, 2.45) is 7.05 Å². The normalized spacial score (nSPS) is 20.1. The van der Waals surface area contributed by atoms with Gasteiger partial charge in [-0.15, -0.1) is 0 Å². The molecular weight excluding hydrogens is 560 g/mol. The van der Waals surface area contributed by atoms with Crippen molar-refractivity contribution >= 4 is 44.1 Å². The van der Waals surface area contributed by atoms with Gasteiger partial charge >= 0.3 is 0 Å². The van der Waals surface area contributed by atoms with E-state index in [0.29, 0.717) is 11.3 Å². The maximum atomic E-state index is 13.1. The molecule has 0 aliphatic carbocycles. The first-order valence-corrected chi connectivity index (χ1v) is 16.2. The second-order valence-corrected chi connectivity index (χ2v) is 12.8. The summed E-state index contributed by atoms with van der Waals surface area (Å²) in [6.07, 6.45) is -1.01. The standard InChI is InChI=1S/C30H38N4O5S2/c1-5-13-34(14-6-2)24-10-9-21-15-23(8-7-22(21)16-24)26-12-11-25(33(26)4)20(3)29(17-31)41(37,38)32-18-28-30(36)27(35)19-40-39-28/h7-12,15-16,27-28,30,32,35-36H,5-6,13-14,18-19H2,1-4H3/b29-20+/t27-,28-,30+/m1/s1. The van der Waals surface area contributed by atoms with E-state index in [0.717, 1.165) is 60.0 Å². The second-order valence-electron chi connectivity index (χ2n) is 10.3. The number of allylic oxidation sites excluding steroid dienone is 2. The number of rotatable bonds is 11. The number of fused-ring (bicyclic) bond motifs is 1. The monoisotopic (exact) mass is 598 g/mol. The first-order valence-electron chi connectivity index (χ1n) is 13.8. The zero-order valence-corrected chi connectivity index (χ0v) is 25.5. The van der Waals surface area contributed by atoms with Gasteiger partial charge < -0.3 is 23.9 Å². The van der Waals surface area contributed by atoms with Gasteiger partial charge in [-0.25, -0.2) is 13.1 Å². The average Bonchev–Trinajstić information content (AvgIpc) is 3.34. The molecule has 41 heavy (non-hydrogen) atoms. The molecule has 0 spiro atoms. The van der Waals surface area contributed by atoms with Crippen molar-refractivity contribution in [1.29, 1.82) is 5.26 Å². The van der Waals surface area contributed by atoms with Gasteiger partial charge in [0.2, 0.25) is 0 Å². The molecule has 11 heteroatoms. The molecule has 1 saturated heterocycles. The third-order valence-electron chi connectivity index (χ3n) is 7.37. The third kappa shape index (κ3) is 6.80. The van der Waals surface area contributed by atoms with Crippen molar-refractivity contribution < 1.29 is 22.8 Å². The van der Waals surface area contributed by atoms with Crippen molar-refractivity contribution in [2.75, 3.05) is 30.3 Å². The maximum Gasteiger partial charge on any atom is 0.251 e. The molecule has 4 rings (SSSR count). The van der Waals surface area contributed by atoms with Crippen LogP contribution in [0.2, 0.25) is 0 Å². The van der Waals surface area contributed by atoms with Gasteiger partial charge in [0, 0.05) is 55.1 Å². The lowest BCUT2D eigenvalue weighted by molar-refractivity contribution is -0.0418. The predicted molar refractivity (Wildman–Crippen MR) is 166 cm³/mol. The number of aliphatic hydroxyl groups excluding tert-OH is 2. The first-order chi connectivity index (χ1) is 19.6. The molecule has 1 aliphatic heterocycles. The number of aromatic nitrogens is 1. The molecule has 2 heterocycles. The van der Waals surface area contributed by atoms with E-state index in [2.05, 4.69) is 59.9 Å². The molecule has 1 aliphatic rings. The first kappa shape index (κ1) is 31.1. The Labute approximate surface area is 246 Å². The predicted octanol–water partition coefficient (Wildman–Crippen LogP) is 4.41. The molecule has 0 amide bonds. The highest BCUT2D eigenvalue weighted by atomic mass is 32.2. The number of benzene rings is 2. The van der Waals surface area contributed by atoms with Gasteiger partial charge in [0.1, 0.15) is 18.3 Å². The van der Waals surface area contributed by atoms with Crippen LogP contribution >= 0.6 is 12.0 Å². The van der Waals surface area contributed by atoms with Crippen LogP contribution in [0.3, 0.4) is 0 Å². The Kier molecular flexibility index (Phi) is 10.2. The summed E-state index contributed by atoms with van der Waals surface area (Å²) in [6.45, 7) is 7.74. The Bertz CT molecular complexity index is 1550. The van der Waals surface area contributed by atoms with Gasteiger partial charge in [0.05, 0.1) is 6.10 Å². The fourth-order valence-corrected chi connectivity index (χ4v) is 7.08. The van der Waals surface area contributed by atoms with Crippen LogP contribution < -0.4 is 9.62 Å². The lowest BCUT2D eigenvalue weighted by Crippen LogP contribution is -2.48. The molecule has 3 aromatic rings. The van der Waals surface area contributed by atoms with E-state index in [1.807, 2.05) is 23.8 Å². The van der Waals surface area contributed by atoms with Gasteiger partial charge in [-0.1, -0.05) is 32.0 Å². The van der Waals surface area contributed by atoms with Crippen LogP contribution in [0.1, 0.15) is 39.3 Å². The molecule has 1 aromatic heterocycles. The highest BCUT2D eigenvalue weighted by Gasteiger charge is 2.34. The van der Waals surface area contributed by atoms with Gasteiger partial charge in [-0.05, 0) is 78.5 Å². The molecule has 3 N–H and O–H groups in total. The number of nitrogens with one attached hydrogen (secondary N) is 1. The average molecular weight is 599 g/mol. The number of sulfonamides is 1. The van der Waals surface area contributed by atoms with Crippen LogP contribution in [0.25, 0.3) is 27.6 Å². The molecule has 3 atom stereocenters. The van der Waals surface area contributed by atoms with Crippen LogP contribution in [0.4, 0.5) is 5.69 Å². The van der Waals surface area contributed by atoms with E-state index in [1.165, 1.54) is 5.69 Å². The fraction of sp³-hybridized carbons (Fsp3) is 0.433. The largest absolute Gasteiger partial charge is 0.389 e. The van der Waals surface area contributed by atoms with Gasteiger partial charge in [0.25, 0.3) is 10.0 Å². The zero-order chi connectivity index (χ0) is 29.7. The van der Waals surface area contributed by atoms with Crippen molar-refractivity contribution in [3.63, 3.8) is 0 Å². The summed E-state index contributed by atoms with van der Waals surface area (Å²) in [5.41, 5.74) is 3.97. The van der Waals surface area contributed by atoms with Gasteiger partial charge in [-0.3, -0.25) is 0 Å². The van der Waals surface area contributed by atoms with Gasteiger partial charge in [0.15, 0.2) is 4.91 Å². The van der Waals surface area contributed by atoms with Crippen molar-refractivity contribution in [1.82, 2.24) is 9.29 Å². The quantitative estimate of drug-likeness (QED) is 0.219. The van der Waals surface area contributed by atoms with E-state index in [9.17, 15) is 23.9 Å². The Morgan fingerprint density at radius 2 is 1.80 bits per heavy atom. The summed E-state index contributed by atoms with van der Waals surface area (Å²) in [6, 6.07) is 18.4. The number of nitriles is 1. The van der Waals surface area contributed by atoms with E-state index in [-0.39, 0.29) is 12.3 Å². The van der Waals surface area contributed by atoms with E-state index >= 15 is 0 Å². The molecule has 0 unspecified atom stereocenters. The highest BCUT2D eigenvalue weighted by molar-refractivity contribution is 7.94. The van der Waals surface area contributed by atoms with Crippen LogP contribution in [0.15, 0.2) is 53.4 Å². The molecule has 2 aromatic carbocycles. The summed E-state index contributed by atoms with van der Waals surface area (Å²) in [5, 5.41) is 32.0. The SMILES string of the molecule is CCCN(CCC)c1ccc2cc(-c3ccc(/C(C)=C(\C#N)S(=O)(=O)NC[C@H]4OSC[C@@H](O)[C@@H]4O)n3C)ccc2c1. The lowest BCUT2D eigenvalue weighted by Gasteiger charge is -2.30. The summed E-state index contributed by atoms with van der Waals surface area (Å²) in [5.74, 6) is 0.192. The van der Waals surface area contributed by atoms with Crippen LogP contribution in [0, 0.1) is 11.3 Å². The highest BCUT2D eigenvalue weighted by Crippen LogP contribution is 2.31. The van der Waals surface area contributed by atoms with Crippen LogP contribution in [-0.4, -0.2) is 66.9 Å². The molecule has 9 nitrogen and oxygen atoms in total. The smallest absolute Gasteiger partial charge is 0.251 e. The number of hydrogen-bond donors (Lipinski definition) is 3. The molecule has 0 bridgehead atoms. The molecule has 0 saturated carbocycles. The molecule has 0 radical (unpaired) electrons. The maximum absolute atomic E-state index is 13.1. The lowest BCUT2D eigenvalue weighted by atomic mass is 10.0. The summed E-state index contributed by atoms with van der Waals surface area (Å²) in [7, 11) is -2.37. The minimum atomic E-state index is -4.21. The van der Waals surface area contributed by atoms with Crippen LogP contribution in [0.5, 0.6) is 0 Å². The van der Waals surface area contributed by atoms with Crippen molar-refractivity contribution in [2.45, 2.75) is 51.9 Å². The van der Waals surface area contributed by atoms with E-state index in [4.69, 9.17) is 4.18 Å². The van der Waals surface area contributed by atoms with Gasteiger partial charge in [-0.2, -0.15) is 5.26 Å². The molecular formula is C30H38N4O5S2.